The third-order valence-corrected chi connectivity index (χ3v) is 1.56. The Kier molecular flexibility index (Phi) is 10.8. The maximum Gasteiger partial charge on any atom is 0 e. The van der Waals surface area contributed by atoms with Crippen LogP contribution in [-0.2, 0) is 32.7 Å². The third-order valence-electron chi connectivity index (χ3n) is 1.56. The molecule has 1 aromatic rings. The second-order valence-electron chi connectivity index (χ2n) is 4.39. The Bertz CT molecular complexity index is 249. The van der Waals surface area contributed by atoms with Crippen molar-refractivity contribution < 1.29 is 32.7 Å². The van der Waals surface area contributed by atoms with Crippen molar-refractivity contribution in [1.82, 2.24) is 0 Å². The smallest absolute Gasteiger partial charge is 0 e. The first-order valence-corrected chi connectivity index (χ1v) is 5.16. The Balaban J connectivity index is 0. The van der Waals surface area contributed by atoms with E-state index < -0.39 is 0 Å². The van der Waals surface area contributed by atoms with E-state index in [1.54, 1.807) is 0 Å². The molecular weight excluding hydrogens is 257 g/mol. The molecule has 0 aliphatic carbocycles. The molecule has 0 nitrogen and oxygen atoms in total. The molecule has 15 heavy (non-hydrogen) atoms. The molecule has 0 aromatic heterocycles. The molecule has 1 rings (SSSR count). The van der Waals surface area contributed by atoms with Crippen molar-refractivity contribution in [3.05, 3.63) is 48.2 Å². The van der Waals surface area contributed by atoms with Gasteiger partial charge in [-0.2, -0.15) is 0 Å². The molecule has 0 saturated heterocycles. The van der Waals surface area contributed by atoms with Crippen molar-refractivity contribution in [2.24, 2.45) is 5.92 Å². The van der Waals surface area contributed by atoms with Crippen molar-refractivity contribution in [2.45, 2.75) is 34.6 Å². The molecular formula is C14H22Y-2. The third kappa shape index (κ3) is 9.02. The first-order valence-electron chi connectivity index (χ1n) is 5.16. The number of hydrogen-bond acceptors (Lipinski definition) is 0. The molecule has 0 heterocycles. The van der Waals surface area contributed by atoms with Crippen molar-refractivity contribution >= 4 is 0 Å². The summed E-state index contributed by atoms with van der Waals surface area (Å²) in [5.41, 5.74) is 2.38. The zero-order valence-electron chi connectivity index (χ0n) is 10.7. The fraction of sp³-hybridized carbons (Fsp3) is 0.429. The van der Waals surface area contributed by atoms with Crippen molar-refractivity contribution in [3.8, 4) is 0 Å². The molecule has 1 radical (unpaired) electrons. The number of benzene rings is 1. The van der Waals surface area contributed by atoms with Gasteiger partial charge in [0.2, 0.25) is 0 Å². The van der Waals surface area contributed by atoms with Crippen LogP contribution in [0.1, 0.15) is 45.7 Å². The fourth-order valence-corrected chi connectivity index (χ4v) is 1.01. The van der Waals surface area contributed by atoms with Crippen LogP contribution in [0.2, 0.25) is 0 Å². The SMILES string of the molecule is CC(C)C.[CH2-]c1ccccc1[C-](C)C.[Y]. The molecule has 0 amide bonds. The summed E-state index contributed by atoms with van der Waals surface area (Å²) in [6, 6.07) is 8.17. The Morgan fingerprint density at radius 1 is 1.07 bits per heavy atom. The molecule has 83 valence electrons. The molecule has 1 aromatic carbocycles. The second kappa shape index (κ2) is 9.30. The van der Waals surface area contributed by atoms with E-state index >= 15 is 0 Å². The van der Waals surface area contributed by atoms with Crippen LogP contribution >= 0.6 is 0 Å². The van der Waals surface area contributed by atoms with Gasteiger partial charge in [-0.15, -0.1) is 26.0 Å². The molecule has 0 aliphatic rings. The van der Waals surface area contributed by atoms with Crippen LogP contribution in [0.4, 0.5) is 0 Å². The summed E-state index contributed by atoms with van der Waals surface area (Å²) in [6.07, 6.45) is 0. The van der Waals surface area contributed by atoms with E-state index in [2.05, 4.69) is 47.6 Å². The predicted molar refractivity (Wildman–Crippen MR) is 65.1 cm³/mol. The summed E-state index contributed by atoms with van der Waals surface area (Å²) < 4.78 is 0. The second-order valence-corrected chi connectivity index (χ2v) is 4.39. The van der Waals surface area contributed by atoms with Gasteiger partial charge in [-0.25, -0.2) is 18.1 Å². The van der Waals surface area contributed by atoms with Crippen LogP contribution in [0.15, 0.2) is 24.3 Å². The fourth-order valence-electron chi connectivity index (χ4n) is 1.01. The molecule has 1 heteroatoms. The standard InChI is InChI=1S/C10H12.C4H10.Y/c1-8(2)10-7-5-4-6-9(10)3;1-4(2)3;/h4-7H,3H2,1-2H3;4H,1-3H3;/q-2;;. The maximum atomic E-state index is 3.92. The quantitative estimate of drug-likeness (QED) is 0.664. The van der Waals surface area contributed by atoms with E-state index in [9.17, 15) is 0 Å². The Hall–Kier alpha value is 0.0639. The minimum atomic E-state index is 0. The average molecular weight is 279 g/mol. The van der Waals surface area contributed by atoms with E-state index in [-0.39, 0.29) is 32.7 Å². The van der Waals surface area contributed by atoms with E-state index in [4.69, 9.17) is 0 Å². The number of rotatable bonds is 1. The number of hydrogen-bond donors (Lipinski definition) is 0. The summed E-state index contributed by atoms with van der Waals surface area (Å²) >= 11 is 0. The van der Waals surface area contributed by atoms with Crippen molar-refractivity contribution in [1.29, 1.82) is 0 Å². The minimum absolute atomic E-state index is 0. The predicted octanol–water partition coefficient (Wildman–Crippen LogP) is 4.49. The van der Waals surface area contributed by atoms with Crippen LogP contribution in [-0.4, -0.2) is 0 Å². The Labute approximate surface area is 121 Å². The monoisotopic (exact) mass is 279 g/mol. The molecule has 0 saturated carbocycles. The summed E-state index contributed by atoms with van der Waals surface area (Å²) in [4.78, 5) is 0. The molecule has 0 unspecified atom stereocenters. The maximum absolute atomic E-state index is 3.92. The zero-order chi connectivity index (χ0) is 11.1. The van der Waals surface area contributed by atoms with E-state index in [1.165, 1.54) is 11.5 Å². The van der Waals surface area contributed by atoms with E-state index in [1.807, 2.05) is 18.2 Å². The van der Waals surface area contributed by atoms with Gasteiger partial charge < -0.3 is 0 Å². The summed E-state index contributed by atoms with van der Waals surface area (Å²) in [6.45, 7) is 14.6. The molecule has 0 bridgehead atoms. The molecule has 0 atom stereocenters. The molecule has 0 fully saturated rings. The Morgan fingerprint density at radius 2 is 1.47 bits per heavy atom. The minimum Gasteiger partial charge on any atom is -0.299 e. The summed E-state index contributed by atoms with van der Waals surface area (Å²) in [5, 5.41) is 0. The topological polar surface area (TPSA) is 0 Å². The molecule has 0 aliphatic heterocycles. The van der Waals surface area contributed by atoms with Gasteiger partial charge >= 0.3 is 0 Å². The van der Waals surface area contributed by atoms with Gasteiger partial charge in [0.05, 0.1) is 0 Å². The van der Waals surface area contributed by atoms with Gasteiger partial charge in [-0.1, -0.05) is 20.8 Å². The van der Waals surface area contributed by atoms with Crippen molar-refractivity contribution in [3.63, 3.8) is 0 Å². The van der Waals surface area contributed by atoms with Crippen molar-refractivity contribution in [2.75, 3.05) is 0 Å². The van der Waals surface area contributed by atoms with Gasteiger partial charge in [0, 0.05) is 32.7 Å². The van der Waals surface area contributed by atoms with Gasteiger partial charge in [-0.05, 0) is 5.92 Å². The van der Waals surface area contributed by atoms with Crippen LogP contribution in [0, 0.1) is 18.8 Å². The van der Waals surface area contributed by atoms with Crippen LogP contribution in [0.5, 0.6) is 0 Å². The summed E-state index contributed by atoms with van der Waals surface area (Å²) in [5.74, 6) is 2.16. The van der Waals surface area contributed by atoms with Gasteiger partial charge in [0.1, 0.15) is 0 Å². The molecule has 0 spiro atoms. The first-order chi connectivity index (χ1) is 6.45. The van der Waals surface area contributed by atoms with Gasteiger partial charge in [-0.3, -0.25) is 18.1 Å². The van der Waals surface area contributed by atoms with Crippen LogP contribution in [0.3, 0.4) is 0 Å². The first kappa shape index (κ1) is 17.5. The summed E-state index contributed by atoms with van der Waals surface area (Å²) in [7, 11) is 0. The molecule has 0 N–H and O–H groups in total. The normalized spacial score (nSPS) is 8.67. The van der Waals surface area contributed by atoms with E-state index in [0.29, 0.717) is 0 Å². The van der Waals surface area contributed by atoms with Crippen LogP contribution < -0.4 is 0 Å². The zero-order valence-corrected chi connectivity index (χ0v) is 13.5. The Morgan fingerprint density at radius 3 is 1.73 bits per heavy atom. The van der Waals surface area contributed by atoms with Crippen LogP contribution in [0.25, 0.3) is 0 Å². The van der Waals surface area contributed by atoms with Gasteiger partial charge in [0.25, 0.3) is 0 Å². The van der Waals surface area contributed by atoms with E-state index in [0.717, 1.165) is 11.5 Å². The van der Waals surface area contributed by atoms with Gasteiger partial charge in [0.15, 0.2) is 0 Å². The largest absolute Gasteiger partial charge is 0.299 e. The average Bonchev–Trinajstić information content (AvgIpc) is 2.03.